The van der Waals surface area contributed by atoms with Crippen molar-refractivity contribution in [2.24, 2.45) is 0 Å². The second kappa shape index (κ2) is 5.00. The van der Waals surface area contributed by atoms with Gasteiger partial charge in [0.15, 0.2) is 0 Å². The zero-order valence-corrected chi connectivity index (χ0v) is 10.6. The van der Waals surface area contributed by atoms with Crippen LogP contribution in [0.1, 0.15) is 0 Å². The number of hydrogen-bond donors (Lipinski definition) is 1. The van der Waals surface area contributed by atoms with Crippen molar-refractivity contribution in [3.8, 4) is 22.8 Å². The number of hydrogen-bond acceptors (Lipinski definition) is 7. The smallest absolute Gasteiger partial charge is 0.270 e. The highest BCUT2D eigenvalue weighted by Gasteiger charge is 2.15. The van der Waals surface area contributed by atoms with Gasteiger partial charge in [0, 0.05) is 23.9 Å². The fraction of sp³-hybridized carbons (Fsp3) is 0. The first-order valence-corrected chi connectivity index (χ1v) is 5.93. The summed E-state index contributed by atoms with van der Waals surface area (Å²) in [4.78, 5) is 18.4. The normalized spacial score (nSPS) is 10.5. The summed E-state index contributed by atoms with van der Waals surface area (Å²) >= 11 is 0. The van der Waals surface area contributed by atoms with Crippen LogP contribution in [0.25, 0.3) is 22.8 Å². The molecule has 2 heterocycles. The summed E-state index contributed by atoms with van der Waals surface area (Å²) in [5, 5.41) is 14.6. The van der Waals surface area contributed by atoms with Crippen LogP contribution in [0.5, 0.6) is 0 Å². The first kappa shape index (κ1) is 12.7. The highest BCUT2D eigenvalue weighted by molar-refractivity contribution is 5.70. The van der Waals surface area contributed by atoms with Crippen molar-refractivity contribution in [1.29, 1.82) is 0 Å². The molecule has 104 valence electrons. The molecule has 0 aliphatic carbocycles. The van der Waals surface area contributed by atoms with Crippen molar-refractivity contribution < 1.29 is 9.45 Å². The molecule has 2 N–H and O–H groups in total. The predicted molar refractivity (Wildman–Crippen MR) is 74.0 cm³/mol. The van der Waals surface area contributed by atoms with Crippen molar-refractivity contribution in [2.75, 3.05) is 5.73 Å². The molecule has 0 atom stereocenters. The van der Waals surface area contributed by atoms with E-state index in [1.54, 1.807) is 24.4 Å². The third kappa shape index (κ3) is 2.41. The maximum absolute atomic E-state index is 10.8. The molecule has 21 heavy (non-hydrogen) atoms. The van der Waals surface area contributed by atoms with Gasteiger partial charge in [0.1, 0.15) is 0 Å². The number of nitro benzene ring substituents is 1. The third-order valence-corrected chi connectivity index (χ3v) is 2.82. The Morgan fingerprint density at radius 2 is 2.14 bits per heavy atom. The number of pyridine rings is 1. The van der Waals surface area contributed by atoms with Gasteiger partial charge in [0.2, 0.25) is 5.82 Å². The third-order valence-electron chi connectivity index (χ3n) is 2.82. The molecular formula is C13H9N5O3. The largest absolute Gasteiger partial charge is 0.397 e. The maximum Gasteiger partial charge on any atom is 0.270 e. The maximum atomic E-state index is 10.8. The molecule has 3 rings (SSSR count). The highest BCUT2D eigenvalue weighted by Crippen LogP contribution is 2.27. The van der Waals surface area contributed by atoms with Crippen LogP contribution in [0.15, 0.2) is 47.2 Å². The molecule has 0 aliphatic heterocycles. The number of nitrogens with zero attached hydrogens (tertiary/aromatic N) is 4. The number of nitrogens with two attached hydrogens (primary N) is 1. The first-order valence-electron chi connectivity index (χ1n) is 5.93. The van der Waals surface area contributed by atoms with E-state index in [1.165, 1.54) is 18.3 Å². The lowest BCUT2D eigenvalue weighted by atomic mass is 10.2. The number of rotatable bonds is 3. The van der Waals surface area contributed by atoms with Crippen molar-refractivity contribution in [3.05, 3.63) is 52.8 Å². The number of non-ortho nitro benzene ring substituents is 1. The first-order chi connectivity index (χ1) is 10.1. The molecule has 0 saturated carbocycles. The van der Waals surface area contributed by atoms with Gasteiger partial charge < -0.3 is 10.3 Å². The van der Waals surface area contributed by atoms with Crippen molar-refractivity contribution in [2.45, 2.75) is 0 Å². The van der Waals surface area contributed by atoms with Gasteiger partial charge in [-0.15, -0.1) is 0 Å². The van der Waals surface area contributed by atoms with Crippen LogP contribution in [0.2, 0.25) is 0 Å². The minimum absolute atomic E-state index is 0.0396. The van der Waals surface area contributed by atoms with E-state index in [0.29, 0.717) is 16.8 Å². The van der Waals surface area contributed by atoms with Gasteiger partial charge in [-0.25, -0.2) is 0 Å². The van der Waals surface area contributed by atoms with Crippen molar-refractivity contribution in [1.82, 2.24) is 15.1 Å². The van der Waals surface area contributed by atoms with Gasteiger partial charge >= 0.3 is 0 Å². The Morgan fingerprint density at radius 3 is 2.90 bits per heavy atom. The van der Waals surface area contributed by atoms with Gasteiger partial charge in [-0.3, -0.25) is 15.1 Å². The van der Waals surface area contributed by atoms with E-state index in [-0.39, 0.29) is 17.4 Å². The van der Waals surface area contributed by atoms with Crippen LogP contribution in [-0.4, -0.2) is 20.0 Å². The van der Waals surface area contributed by atoms with Gasteiger partial charge in [0.05, 0.1) is 22.4 Å². The molecule has 0 fully saturated rings. The van der Waals surface area contributed by atoms with Crippen LogP contribution < -0.4 is 5.73 Å². The number of nitro groups is 1. The Kier molecular flexibility index (Phi) is 3.03. The van der Waals surface area contributed by atoms with Crippen LogP contribution >= 0.6 is 0 Å². The van der Waals surface area contributed by atoms with E-state index in [0.717, 1.165) is 0 Å². The monoisotopic (exact) mass is 283 g/mol. The standard InChI is InChI=1S/C13H9N5O3/c14-11-7-15-5-4-10(11)13-16-12(17-21-13)8-2-1-3-9(6-8)18(19)20/h1-7H,14H2. The summed E-state index contributed by atoms with van der Waals surface area (Å²) in [7, 11) is 0. The average Bonchev–Trinajstić information content (AvgIpc) is 2.97. The molecule has 0 spiro atoms. The zero-order valence-electron chi connectivity index (χ0n) is 10.6. The summed E-state index contributed by atoms with van der Waals surface area (Å²) in [5.74, 6) is 0.487. The predicted octanol–water partition coefficient (Wildman–Crippen LogP) is 2.29. The summed E-state index contributed by atoms with van der Waals surface area (Å²) in [5.41, 5.74) is 7.21. The van der Waals surface area contributed by atoms with Crippen LogP contribution in [0, 0.1) is 10.1 Å². The van der Waals surface area contributed by atoms with Gasteiger partial charge in [-0.1, -0.05) is 17.3 Å². The molecule has 2 aromatic heterocycles. The molecular weight excluding hydrogens is 274 g/mol. The lowest BCUT2D eigenvalue weighted by Gasteiger charge is -1.97. The Bertz CT molecular complexity index is 815. The van der Waals surface area contributed by atoms with E-state index >= 15 is 0 Å². The fourth-order valence-corrected chi connectivity index (χ4v) is 1.81. The second-order valence-corrected chi connectivity index (χ2v) is 4.19. The zero-order chi connectivity index (χ0) is 14.8. The average molecular weight is 283 g/mol. The van der Waals surface area contributed by atoms with Crippen LogP contribution in [0.4, 0.5) is 11.4 Å². The molecule has 0 unspecified atom stereocenters. The molecule has 0 bridgehead atoms. The second-order valence-electron chi connectivity index (χ2n) is 4.19. The Morgan fingerprint density at radius 1 is 1.29 bits per heavy atom. The summed E-state index contributed by atoms with van der Waals surface area (Å²) < 4.78 is 5.15. The Labute approximate surface area is 118 Å². The van der Waals surface area contributed by atoms with Crippen molar-refractivity contribution >= 4 is 11.4 Å². The minimum atomic E-state index is -0.481. The van der Waals surface area contributed by atoms with Gasteiger partial charge in [0.25, 0.3) is 11.6 Å². The lowest BCUT2D eigenvalue weighted by molar-refractivity contribution is -0.384. The lowest BCUT2D eigenvalue weighted by Crippen LogP contribution is -1.91. The van der Waals surface area contributed by atoms with E-state index < -0.39 is 4.92 Å². The van der Waals surface area contributed by atoms with Gasteiger partial charge in [-0.2, -0.15) is 4.98 Å². The van der Waals surface area contributed by atoms with E-state index in [1.807, 2.05) is 0 Å². The summed E-state index contributed by atoms with van der Waals surface area (Å²) in [6.07, 6.45) is 3.04. The molecule has 3 aromatic rings. The van der Waals surface area contributed by atoms with E-state index in [2.05, 4.69) is 15.1 Å². The van der Waals surface area contributed by atoms with E-state index in [9.17, 15) is 10.1 Å². The topological polar surface area (TPSA) is 121 Å². The molecule has 0 radical (unpaired) electrons. The molecule has 8 nitrogen and oxygen atoms in total. The molecule has 1 aromatic carbocycles. The Hall–Kier alpha value is -3.29. The Balaban J connectivity index is 2.01. The molecule has 0 aliphatic rings. The SMILES string of the molecule is Nc1cnccc1-c1nc(-c2cccc([N+](=O)[O-])c2)no1. The number of aromatic nitrogens is 3. The van der Waals surface area contributed by atoms with Gasteiger partial charge in [-0.05, 0) is 6.07 Å². The van der Waals surface area contributed by atoms with E-state index in [4.69, 9.17) is 10.3 Å². The summed E-state index contributed by atoms with van der Waals surface area (Å²) in [6.45, 7) is 0. The molecule has 8 heteroatoms. The molecule has 0 saturated heterocycles. The summed E-state index contributed by atoms with van der Waals surface area (Å²) in [6, 6.07) is 7.65. The van der Waals surface area contributed by atoms with Crippen molar-refractivity contribution in [3.63, 3.8) is 0 Å². The molecule has 0 amide bonds. The number of nitrogen functional groups attached to an aromatic ring is 1. The highest BCUT2D eigenvalue weighted by atomic mass is 16.6. The fourth-order valence-electron chi connectivity index (χ4n) is 1.81. The van der Waals surface area contributed by atoms with Crippen LogP contribution in [-0.2, 0) is 0 Å². The van der Waals surface area contributed by atoms with Crippen LogP contribution in [0.3, 0.4) is 0 Å². The number of benzene rings is 1. The number of anilines is 1. The quantitative estimate of drug-likeness (QED) is 0.578. The minimum Gasteiger partial charge on any atom is -0.397 e.